The van der Waals surface area contributed by atoms with Crippen LogP contribution in [-0.2, 0) is 19.1 Å². The first-order valence-electron chi connectivity index (χ1n) is 6.88. The number of hydrogen-bond donors (Lipinski definition) is 1. The average Bonchev–Trinajstić information content (AvgIpc) is 2.42. The van der Waals surface area contributed by atoms with Gasteiger partial charge in [-0.15, -0.1) is 6.58 Å². The van der Waals surface area contributed by atoms with E-state index in [9.17, 15) is 14.7 Å². The van der Waals surface area contributed by atoms with Crippen LogP contribution >= 0.6 is 0 Å². The Kier molecular flexibility index (Phi) is 7.95. The van der Waals surface area contributed by atoms with Crippen molar-refractivity contribution < 1.29 is 24.2 Å². The van der Waals surface area contributed by atoms with Gasteiger partial charge in [-0.2, -0.15) is 0 Å². The van der Waals surface area contributed by atoms with Crippen molar-refractivity contribution in [2.24, 2.45) is 5.41 Å². The molecule has 120 valence electrons. The topological polar surface area (TPSA) is 72.8 Å². The maximum atomic E-state index is 12.0. The number of aliphatic hydroxyl groups is 1. The molecule has 0 saturated carbocycles. The number of methoxy groups -OCH3 is 2. The molecule has 1 N–H and O–H groups in total. The molecule has 0 aliphatic heterocycles. The van der Waals surface area contributed by atoms with Crippen molar-refractivity contribution in [3.63, 3.8) is 0 Å². The third-order valence-electron chi connectivity index (χ3n) is 3.20. The molecule has 0 spiro atoms. The predicted octanol–water partition coefficient (Wildman–Crippen LogP) is 2.39. The van der Waals surface area contributed by atoms with E-state index < -0.39 is 23.0 Å². The van der Waals surface area contributed by atoms with Crippen LogP contribution in [0.1, 0.15) is 39.5 Å². The molecule has 21 heavy (non-hydrogen) atoms. The Morgan fingerprint density at radius 1 is 1.10 bits per heavy atom. The zero-order valence-electron chi connectivity index (χ0n) is 13.3. The summed E-state index contributed by atoms with van der Waals surface area (Å²) in [6.07, 6.45) is 6.63. The van der Waals surface area contributed by atoms with Gasteiger partial charge in [-0.25, -0.2) is 0 Å². The Labute approximate surface area is 126 Å². The van der Waals surface area contributed by atoms with E-state index in [1.807, 2.05) is 6.08 Å². The van der Waals surface area contributed by atoms with Gasteiger partial charge in [0, 0.05) is 0 Å². The quantitative estimate of drug-likeness (QED) is 0.402. The Hall–Kier alpha value is -1.62. The summed E-state index contributed by atoms with van der Waals surface area (Å²) in [5.74, 6) is -1.28. The van der Waals surface area contributed by atoms with Gasteiger partial charge in [0.1, 0.15) is 0 Å². The lowest BCUT2D eigenvalue weighted by Gasteiger charge is -2.25. The summed E-state index contributed by atoms with van der Waals surface area (Å²) in [4.78, 5) is 24.0. The van der Waals surface area contributed by atoms with Gasteiger partial charge in [0.05, 0.1) is 19.8 Å². The number of allylic oxidation sites excluding steroid dienone is 3. The first kappa shape index (κ1) is 19.4. The minimum atomic E-state index is -1.39. The third kappa shape index (κ3) is 6.12. The molecule has 0 fully saturated rings. The summed E-state index contributed by atoms with van der Waals surface area (Å²) < 4.78 is 9.48. The van der Waals surface area contributed by atoms with Crippen LogP contribution in [0.2, 0.25) is 0 Å². The number of carbonyl (C=O) groups excluding carboxylic acids is 2. The summed E-state index contributed by atoms with van der Waals surface area (Å²) in [6.45, 7) is 7.04. The molecule has 0 aliphatic rings. The molecule has 0 rings (SSSR count). The number of esters is 2. The fourth-order valence-electron chi connectivity index (χ4n) is 1.98. The van der Waals surface area contributed by atoms with Crippen LogP contribution in [0.5, 0.6) is 0 Å². The molecule has 0 bridgehead atoms. The number of hydrogen-bond acceptors (Lipinski definition) is 5. The second-order valence-corrected chi connectivity index (χ2v) is 5.58. The van der Waals surface area contributed by atoms with Gasteiger partial charge in [0.2, 0.25) is 0 Å². The van der Waals surface area contributed by atoms with Crippen molar-refractivity contribution in [1.29, 1.82) is 0 Å². The van der Waals surface area contributed by atoms with Gasteiger partial charge in [0.15, 0.2) is 5.41 Å². The maximum Gasteiger partial charge on any atom is 0.323 e. The largest absolute Gasteiger partial charge is 0.468 e. The van der Waals surface area contributed by atoms with E-state index in [4.69, 9.17) is 9.47 Å². The van der Waals surface area contributed by atoms with Crippen molar-refractivity contribution in [2.75, 3.05) is 14.2 Å². The molecule has 0 unspecified atom stereocenters. The highest BCUT2D eigenvalue weighted by Gasteiger charge is 2.46. The Balaban J connectivity index is 4.97. The third-order valence-corrected chi connectivity index (χ3v) is 3.20. The van der Waals surface area contributed by atoms with Gasteiger partial charge in [-0.1, -0.05) is 18.2 Å². The molecule has 0 aliphatic carbocycles. The van der Waals surface area contributed by atoms with E-state index in [2.05, 4.69) is 6.58 Å². The Morgan fingerprint density at radius 2 is 1.62 bits per heavy atom. The van der Waals surface area contributed by atoms with Crippen LogP contribution in [0, 0.1) is 5.41 Å². The predicted molar refractivity (Wildman–Crippen MR) is 80.6 cm³/mol. The van der Waals surface area contributed by atoms with Gasteiger partial charge < -0.3 is 14.6 Å². The lowest BCUT2D eigenvalue weighted by atomic mass is 9.80. The summed E-state index contributed by atoms with van der Waals surface area (Å²) >= 11 is 0. The summed E-state index contributed by atoms with van der Waals surface area (Å²) in [5.41, 5.74) is -2.14. The molecule has 0 aromatic carbocycles. The summed E-state index contributed by atoms with van der Waals surface area (Å²) in [7, 11) is 2.47. The lowest BCUT2D eigenvalue weighted by Crippen LogP contribution is -2.40. The van der Waals surface area contributed by atoms with E-state index in [0.29, 0.717) is 12.8 Å². The van der Waals surface area contributed by atoms with Crippen LogP contribution in [0.15, 0.2) is 24.8 Å². The highest BCUT2D eigenvalue weighted by Crippen LogP contribution is 2.31. The van der Waals surface area contributed by atoms with Crippen LogP contribution in [0.25, 0.3) is 0 Å². The maximum absolute atomic E-state index is 12.0. The zero-order valence-corrected chi connectivity index (χ0v) is 13.3. The highest BCUT2D eigenvalue weighted by atomic mass is 16.5. The molecular formula is C16H26O5. The van der Waals surface area contributed by atoms with Crippen molar-refractivity contribution in [3.05, 3.63) is 24.8 Å². The van der Waals surface area contributed by atoms with Crippen LogP contribution in [0.4, 0.5) is 0 Å². The molecule has 0 amide bonds. The fourth-order valence-corrected chi connectivity index (χ4v) is 1.98. The summed E-state index contributed by atoms with van der Waals surface area (Å²) in [5, 5.41) is 9.62. The smallest absolute Gasteiger partial charge is 0.323 e. The molecule has 5 heteroatoms. The molecule has 0 saturated heterocycles. The van der Waals surface area contributed by atoms with Gasteiger partial charge in [-0.05, 0) is 39.5 Å². The van der Waals surface area contributed by atoms with E-state index in [0.717, 1.165) is 0 Å². The molecule has 0 aromatic rings. The average molecular weight is 298 g/mol. The molecular weight excluding hydrogens is 272 g/mol. The van der Waals surface area contributed by atoms with E-state index in [1.54, 1.807) is 19.9 Å². The summed E-state index contributed by atoms with van der Waals surface area (Å²) in [6, 6.07) is 0. The van der Waals surface area contributed by atoms with Crippen LogP contribution < -0.4 is 0 Å². The van der Waals surface area contributed by atoms with E-state index in [1.165, 1.54) is 20.3 Å². The van der Waals surface area contributed by atoms with Crippen LogP contribution in [-0.4, -0.2) is 36.9 Å². The van der Waals surface area contributed by atoms with Crippen LogP contribution in [0.3, 0.4) is 0 Å². The normalized spacial score (nSPS) is 12.2. The molecule has 0 radical (unpaired) electrons. The van der Waals surface area contributed by atoms with Gasteiger partial charge in [-0.3, -0.25) is 9.59 Å². The molecule has 0 atom stereocenters. The second kappa shape index (κ2) is 8.62. The number of ether oxygens (including phenoxy) is 2. The van der Waals surface area contributed by atoms with Gasteiger partial charge >= 0.3 is 11.9 Å². The Morgan fingerprint density at radius 3 is 2.00 bits per heavy atom. The van der Waals surface area contributed by atoms with E-state index >= 15 is 0 Å². The van der Waals surface area contributed by atoms with Crippen molar-refractivity contribution in [2.45, 2.75) is 45.1 Å². The highest BCUT2D eigenvalue weighted by molar-refractivity contribution is 6.00. The minimum Gasteiger partial charge on any atom is -0.468 e. The van der Waals surface area contributed by atoms with Gasteiger partial charge in [0.25, 0.3) is 0 Å². The van der Waals surface area contributed by atoms with Crippen molar-refractivity contribution >= 4 is 11.9 Å². The molecule has 5 nitrogen and oxygen atoms in total. The number of rotatable bonds is 9. The van der Waals surface area contributed by atoms with E-state index in [-0.39, 0.29) is 12.8 Å². The lowest BCUT2D eigenvalue weighted by molar-refractivity contribution is -0.168. The first-order valence-corrected chi connectivity index (χ1v) is 6.88. The SMILES string of the molecule is C=CCC(C/C=C/CCC(C)(C)O)(C(=O)OC)C(=O)OC. The number of carbonyl (C=O) groups is 2. The first-order chi connectivity index (χ1) is 9.73. The van der Waals surface area contributed by atoms with Crippen molar-refractivity contribution in [3.8, 4) is 0 Å². The zero-order chi connectivity index (χ0) is 16.5. The molecule has 0 heterocycles. The minimum absolute atomic E-state index is 0.141. The second-order valence-electron chi connectivity index (χ2n) is 5.58. The van der Waals surface area contributed by atoms with Crippen molar-refractivity contribution in [1.82, 2.24) is 0 Å². The standard InChI is InChI=1S/C16H26O5/c1-6-10-16(13(17)20-4,14(18)21-5)12-9-7-8-11-15(2,3)19/h6-7,9,19H,1,8,10-12H2,2-5H3/b9-7+. The monoisotopic (exact) mass is 298 g/mol. The molecule has 0 aromatic heterocycles. The fraction of sp³-hybridized carbons (Fsp3) is 0.625. The Bertz CT molecular complexity index is 374.